The van der Waals surface area contributed by atoms with Gasteiger partial charge in [-0.1, -0.05) is 6.07 Å². The Bertz CT molecular complexity index is 581. The zero-order chi connectivity index (χ0) is 13.1. The first-order valence-electron chi connectivity index (χ1n) is 5.05. The fourth-order valence-corrected chi connectivity index (χ4v) is 1.47. The summed E-state index contributed by atoms with van der Waals surface area (Å²) in [7, 11) is 0. The van der Waals surface area contributed by atoms with Crippen LogP contribution in [-0.4, -0.2) is 15.1 Å². The van der Waals surface area contributed by atoms with Crippen molar-refractivity contribution in [3.63, 3.8) is 0 Å². The third kappa shape index (κ3) is 2.23. The topological polar surface area (TPSA) is 119 Å². The van der Waals surface area contributed by atoms with E-state index in [0.29, 0.717) is 0 Å². The summed E-state index contributed by atoms with van der Waals surface area (Å²) in [4.78, 5) is 10.4. The summed E-state index contributed by atoms with van der Waals surface area (Å²) in [6, 6.07) is 6.19. The van der Waals surface area contributed by atoms with Crippen molar-refractivity contribution in [1.29, 1.82) is 0 Å². The molecule has 0 saturated heterocycles. The van der Waals surface area contributed by atoms with Crippen molar-refractivity contribution >= 4 is 11.4 Å². The molecule has 0 unspecified atom stereocenters. The van der Waals surface area contributed by atoms with Crippen molar-refractivity contribution in [1.82, 2.24) is 10.2 Å². The number of para-hydroxylation sites is 1. The summed E-state index contributed by atoms with van der Waals surface area (Å²) >= 11 is 0. The molecule has 0 radical (unpaired) electrons. The first kappa shape index (κ1) is 11.9. The van der Waals surface area contributed by atoms with Crippen molar-refractivity contribution in [3.05, 3.63) is 40.1 Å². The average Bonchev–Trinajstić information content (AvgIpc) is 2.74. The molecular weight excluding hydrogens is 238 g/mol. The Morgan fingerprint density at radius 1 is 1.56 bits per heavy atom. The minimum absolute atomic E-state index is 0.0713. The molecule has 0 aliphatic rings. The molecule has 0 aliphatic carbocycles. The Balaban J connectivity index is 2.41. The van der Waals surface area contributed by atoms with E-state index in [1.807, 2.05) is 0 Å². The van der Waals surface area contributed by atoms with Crippen LogP contribution in [0.25, 0.3) is 0 Å². The molecule has 0 aliphatic heterocycles. The van der Waals surface area contributed by atoms with Crippen molar-refractivity contribution in [2.45, 2.75) is 6.92 Å². The molecule has 8 nitrogen and oxygen atoms in total. The van der Waals surface area contributed by atoms with Gasteiger partial charge >= 0.3 is 5.69 Å². The lowest BCUT2D eigenvalue weighted by molar-refractivity contribution is -0.384. The van der Waals surface area contributed by atoms with Gasteiger partial charge in [0.15, 0.2) is 0 Å². The highest BCUT2D eigenvalue weighted by molar-refractivity contribution is 5.68. The number of nitro groups is 1. The lowest BCUT2D eigenvalue weighted by Crippen LogP contribution is -2.09. The fourth-order valence-electron chi connectivity index (χ4n) is 1.47. The molecule has 2 rings (SSSR count). The summed E-state index contributed by atoms with van der Waals surface area (Å²) in [6.45, 7) is 1.80. The van der Waals surface area contributed by atoms with Crippen LogP contribution in [0.15, 0.2) is 24.3 Å². The Morgan fingerprint density at radius 3 is 2.89 bits per heavy atom. The van der Waals surface area contributed by atoms with Crippen LogP contribution in [0.5, 0.6) is 11.6 Å². The minimum atomic E-state index is -0.565. The van der Waals surface area contributed by atoms with Gasteiger partial charge in [0.1, 0.15) is 5.69 Å². The zero-order valence-electron chi connectivity index (χ0n) is 9.51. The van der Waals surface area contributed by atoms with Gasteiger partial charge in [-0.15, -0.1) is 5.10 Å². The number of benzene rings is 1. The number of aryl methyl sites for hydroxylation is 1. The van der Waals surface area contributed by atoms with Gasteiger partial charge in [-0.05, 0) is 19.1 Å². The van der Waals surface area contributed by atoms with E-state index < -0.39 is 4.92 Å². The van der Waals surface area contributed by atoms with Crippen LogP contribution in [-0.2, 0) is 0 Å². The predicted molar refractivity (Wildman–Crippen MR) is 64.3 cm³/mol. The molecule has 1 heterocycles. The largest absolute Gasteiger partial charge is 0.430 e. The average molecular weight is 249 g/mol. The highest BCUT2D eigenvalue weighted by Gasteiger charge is 2.21. The molecule has 0 spiro atoms. The van der Waals surface area contributed by atoms with E-state index in [1.165, 1.54) is 12.1 Å². The van der Waals surface area contributed by atoms with Crippen LogP contribution in [0.4, 0.5) is 11.4 Å². The number of hydrogen-bond acceptors (Lipinski definition) is 6. The summed E-state index contributed by atoms with van der Waals surface area (Å²) in [5.41, 5.74) is 2.99. The Morgan fingerprint density at radius 2 is 2.33 bits per heavy atom. The number of hydrazine groups is 1. The molecule has 0 saturated carbocycles. The zero-order valence-corrected chi connectivity index (χ0v) is 9.51. The number of nitrogens with two attached hydrogens (primary N) is 1. The number of hydrogen-bond donors (Lipinski definition) is 3. The second-order valence-corrected chi connectivity index (χ2v) is 3.55. The Labute approximate surface area is 102 Å². The van der Waals surface area contributed by atoms with Crippen molar-refractivity contribution < 1.29 is 9.66 Å². The first-order chi connectivity index (χ1) is 8.61. The smallest absolute Gasteiger partial charge is 0.335 e. The van der Waals surface area contributed by atoms with Crippen molar-refractivity contribution in [2.24, 2.45) is 5.84 Å². The molecule has 18 heavy (non-hydrogen) atoms. The molecular formula is C10H11N5O3. The molecule has 0 fully saturated rings. The van der Waals surface area contributed by atoms with E-state index >= 15 is 0 Å². The summed E-state index contributed by atoms with van der Waals surface area (Å²) < 4.78 is 5.35. The maximum absolute atomic E-state index is 11.0. The summed E-state index contributed by atoms with van der Waals surface area (Å²) in [5.74, 6) is 5.55. The maximum Gasteiger partial charge on any atom is 0.335 e. The third-order valence-electron chi connectivity index (χ3n) is 2.23. The molecule has 94 valence electrons. The van der Waals surface area contributed by atoms with Gasteiger partial charge in [0.25, 0.3) is 0 Å². The number of ether oxygens (including phenoxy) is 1. The van der Waals surface area contributed by atoms with E-state index in [9.17, 15) is 10.1 Å². The fraction of sp³-hybridized carbons (Fsp3) is 0.100. The number of anilines is 1. The van der Waals surface area contributed by atoms with Crippen LogP contribution in [0, 0.1) is 17.0 Å². The lowest BCUT2D eigenvalue weighted by atomic mass is 10.2. The highest BCUT2D eigenvalue weighted by Crippen LogP contribution is 2.36. The van der Waals surface area contributed by atoms with Gasteiger partial charge < -0.3 is 10.2 Å². The van der Waals surface area contributed by atoms with Gasteiger partial charge in [-0.2, -0.15) is 0 Å². The van der Waals surface area contributed by atoms with Gasteiger partial charge in [0, 0.05) is 11.8 Å². The first-order valence-corrected chi connectivity index (χ1v) is 5.05. The van der Waals surface area contributed by atoms with Gasteiger partial charge in [0.05, 0.1) is 4.92 Å². The second kappa shape index (κ2) is 4.72. The van der Waals surface area contributed by atoms with Gasteiger partial charge in [-0.3, -0.25) is 21.1 Å². The number of aromatic amines is 1. The quantitative estimate of drug-likeness (QED) is 0.431. The molecule has 0 atom stereocenters. The van der Waals surface area contributed by atoms with E-state index in [1.54, 1.807) is 19.1 Å². The predicted octanol–water partition coefficient (Wildman–Crippen LogP) is 1.70. The molecule has 2 aromatic rings. The lowest BCUT2D eigenvalue weighted by Gasteiger charge is -2.06. The molecule has 1 aromatic heterocycles. The maximum atomic E-state index is 11.0. The molecule has 4 N–H and O–H groups in total. The summed E-state index contributed by atoms with van der Waals surface area (Å²) in [6.07, 6.45) is 0. The third-order valence-corrected chi connectivity index (χ3v) is 2.23. The molecule has 0 amide bonds. The van der Waals surface area contributed by atoms with Gasteiger partial charge in [0.2, 0.25) is 11.6 Å². The van der Waals surface area contributed by atoms with Crippen LogP contribution in [0.1, 0.15) is 5.69 Å². The van der Waals surface area contributed by atoms with E-state index in [2.05, 4.69) is 15.6 Å². The monoisotopic (exact) mass is 249 g/mol. The number of nitrogens with zero attached hydrogens (tertiary/aromatic N) is 2. The normalized spacial score (nSPS) is 10.1. The number of nitro benzene ring substituents is 1. The van der Waals surface area contributed by atoms with Gasteiger partial charge in [-0.25, -0.2) is 0 Å². The van der Waals surface area contributed by atoms with Crippen LogP contribution in [0.2, 0.25) is 0 Å². The summed E-state index contributed by atoms with van der Waals surface area (Å²) in [5, 5.41) is 17.5. The molecule has 0 bridgehead atoms. The number of rotatable bonds is 4. The highest BCUT2D eigenvalue weighted by atomic mass is 16.6. The number of nitrogens with one attached hydrogen (secondary N) is 2. The van der Waals surface area contributed by atoms with Crippen LogP contribution >= 0.6 is 0 Å². The Hall–Kier alpha value is -2.61. The van der Waals surface area contributed by atoms with E-state index in [0.717, 1.165) is 5.69 Å². The van der Waals surface area contributed by atoms with E-state index in [-0.39, 0.29) is 23.0 Å². The van der Waals surface area contributed by atoms with Crippen LogP contribution in [0.3, 0.4) is 0 Å². The number of aromatic nitrogens is 2. The standard InChI is InChI=1S/C10H11N5O3/c1-6-5-9(14-13-6)18-8-4-2-3-7(12-11)10(8)15(16)17/h2-5,12H,11H2,1H3,(H,13,14). The Kier molecular flexibility index (Phi) is 3.11. The molecule has 1 aromatic carbocycles. The minimum Gasteiger partial charge on any atom is -0.430 e. The molecule has 8 heteroatoms. The number of H-pyrrole nitrogens is 1. The van der Waals surface area contributed by atoms with Crippen LogP contribution < -0.4 is 16.0 Å². The number of nitrogen functional groups attached to an aromatic ring is 1. The second-order valence-electron chi connectivity index (χ2n) is 3.55. The van der Waals surface area contributed by atoms with Crippen molar-refractivity contribution in [2.75, 3.05) is 5.43 Å². The van der Waals surface area contributed by atoms with Crippen molar-refractivity contribution in [3.8, 4) is 11.6 Å². The van der Waals surface area contributed by atoms with E-state index in [4.69, 9.17) is 10.6 Å². The SMILES string of the molecule is Cc1cc(Oc2cccc(NN)c2[N+](=O)[O-])n[nH]1.